The van der Waals surface area contributed by atoms with Gasteiger partial charge in [-0.3, -0.25) is 19.7 Å². The van der Waals surface area contributed by atoms with Crippen molar-refractivity contribution in [2.75, 3.05) is 19.7 Å². The van der Waals surface area contributed by atoms with Crippen molar-refractivity contribution in [1.82, 2.24) is 15.5 Å². The minimum atomic E-state index is -0.689. The van der Waals surface area contributed by atoms with Crippen LogP contribution in [0.15, 0.2) is 0 Å². The Morgan fingerprint density at radius 3 is 2.61 bits per heavy atom. The number of likely N-dealkylation sites (tertiary alicyclic amines) is 1. The normalized spacial score (nSPS) is 27.6. The Morgan fingerprint density at radius 2 is 1.93 bits per heavy atom. The number of hydrogen-bond donors (Lipinski definition) is 2. The molecule has 0 unspecified atom stereocenters. The molecule has 1 saturated carbocycles. The molecule has 2 fully saturated rings. The van der Waals surface area contributed by atoms with Crippen molar-refractivity contribution in [1.29, 1.82) is 0 Å². The number of carbonyl (C=O) groups excluding carboxylic acids is 4. The van der Waals surface area contributed by atoms with Gasteiger partial charge in [0.2, 0.25) is 5.91 Å². The maximum absolute atomic E-state index is 12.4. The van der Waals surface area contributed by atoms with Gasteiger partial charge in [-0.15, -0.1) is 0 Å². The quantitative estimate of drug-likeness (QED) is 0.666. The summed E-state index contributed by atoms with van der Waals surface area (Å²) in [7, 11) is 0. The molecule has 2 aliphatic rings. The van der Waals surface area contributed by atoms with Gasteiger partial charge in [0.15, 0.2) is 6.61 Å². The molecule has 8 heteroatoms. The molecule has 2 rings (SSSR count). The van der Waals surface area contributed by atoms with Crippen molar-refractivity contribution in [2.24, 2.45) is 23.7 Å². The summed E-state index contributed by atoms with van der Waals surface area (Å²) in [6.07, 6.45) is 3.35. The molecule has 0 radical (unpaired) electrons. The average molecular weight is 396 g/mol. The predicted octanol–water partition coefficient (Wildman–Crippen LogP) is 1.68. The van der Waals surface area contributed by atoms with Gasteiger partial charge in [0.25, 0.3) is 5.91 Å². The van der Waals surface area contributed by atoms with Crippen LogP contribution in [-0.4, -0.2) is 54.5 Å². The lowest BCUT2D eigenvalue weighted by molar-refractivity contribution is -0.152. The maximum atomic E-state index is 12.4. The number of esters is 1. The van der Waals surface area contributed by atoms with Gasteiger partial charge >= 0.3 is 12.0 Å². The van der Waals surface area contributed by atoms with Crippen LogP contribution in [0.4, 0.5) is 4.79 Å². The number of carbonyl (C=O) groups is 4. The second-order valence-corrected chi connectivity index (χ2v) is 8.54. The smallest absolute Gasteiger partial charge is 0.321 e. The van der Waals surface area contributed by atoms with Crippen LogP contribution in [0.1, 0.15) is 53.4 Å². The Bertz CT molecular complexity index is 607. The number of amides is 4. The molecule has 28 heavy (non-hydrogen) atoms. The van der Waals surface area contributed by atoms with E-state index in [2.05, 4.69) is 24.5 Å². The van der Waals surface area contributed by atoms with Gasteiger partial charge < -0.3 is 15.0 Å². The SMILES string of the molecule is CC(C)CNC(=O)NC(=O)COC(=O)[C@@H]1CC(=O)N([C@@H]2CCC[C@H](C)[C@H]2C)C1. The van der Waals surface area contributed by atoms with Gasteiger partial charge in [0, 0.05) is 25.6 Å². The molecule has 4 atom stereocenters. The summed E-state index contributed by atoms with van der Waals surface area (Å²) in [5, 5.41) is 4.67. The van der Waals surface area contributed by atoms with Crippen molar-refractivity contribution < 1.29 is 23.9 Å². The van der Waals surface area contributed by atoms with E-state index in [0.717, 1.165) is 12.8 Å². The fourth-order valence-electron chi connectivity index (χ4n) is 3.96. The lowest BCUT2D eigenvalue weighted by Crippen LogP contribution is -2.45. The number of urea groups is 1. The molecule has 2 N–H and O–H groups in total. The second kappa shape index (κ2) is 9.89. The molecule has 158 valence electrons. The summed E-state index contributed by atoms with van der Waals surface area (Å²) >= 11 is 0. The molecular weight excluding hydrogens is 362 g/mol. The first-order chi connectivity index (χ1) is 13.2. The van der Waals surface area contributed by atoms with Crippen LogP contribution in [0.3, 0.4) is 0 Å². The third-order valence-corrected chi connectivity index (χ3v) is 5.83. The molecule has 0 aromatic heterocycles. The number of imide groups is 1. The summed E-state index contributed by atoms with van der Waals surface area (Å²) in [4.78, 5) is 49.8. The Balaban J connectivity index is 1.78. The Labute approximate surface area is 166 Å². The number of nitrogens with zero attached hydrogens (tertiary/aromatic N) is 1. The van der Waals surface area contributed by atoms with Gasteiger partial charge in [-0.1, -0.05) is 40.5 Å². The van der Waals surface area contributed by atoms with Crippen LogP contribution < -0.4 is 10.6 Å². The minimum absolute atomic E-state index is 0.0228. The van der Waals surface area contributed by atoms with E-state index in [9.17, 15) is 19.2 Å². The standard InChI is InChI=1S/C20H33N3O5/c1-12(2)9-21-20(27)22-17(24)11-28-19(26)15-8-18(25)23(10-15)16-7-5-6-13(3)14(16)4/h12-16H,5-11H2,1-4H3,(H2,21,22,24,27)/t13-,14+,15+,16+/m0/s1. The summed E-state index contributed by atoms with van der Waals surface area (Å²) < 4.78 is 5.04. The van der Waals surface area contributed by atoms with E-state index in [1.165, 1.54) is 6.42 Å². The van der Waals surface area contributed by atoms with Crippen LogP contribution in [-0.2, 0) is 19.1 Å². The van der Waals surface area contributed by atoms with E-state index in [1.54, 1.807) is 0 Å². The van der Waals surface area contributed by atoms with Crippen LogP contribution >= 0.6 is 0 Å². The first-order valence-electron chi connectivity index (χ1n) is 10.2. The topological polar surface area (TPSA) is 105 Å². The van der Waals surface area contributed by atoms with E-state index >= 15 is 0 Å². The average Bonchev–Trinajstić information content (AvgIpc) is 3.02. The number of rotatable bonds is 6. The highest BCUT2D eigenvalue weighted by molar-refractivity contribution is 5.96. The van der Waals surface area contributed by atoms with Crippen molar-refractivity contribution >= 4 is 23.8 Å². The molecule has 1 heterocycles. The van der Waals surface area contributed by atoms with Crippen LogP contribution in [0, 0.1) is 23.7 Å². The van der Waals surface area contributed by atoms with Gasteiger partial charge in [-0.05, 0) is 24.2 Å². The van der Waals surface area contributed by atoms with Crippen LogP contribution in [0.5, 0.6) is 0 Å². The van der Waals surface area contributed by atoms with E-state index in [1.807, 2.05) is 18.7 Å². The van der Waals surface area contributed by atoms with Crippen LogP contribution in [0.2, 0.25) is 0 Å². The molecule has 0 aromatic carbocycles. The van der Waals surface area contributed by atoms with Gasteiger partial charge in [-0.25, -0.2) is 4.79 Å². The molecule has 4 amide bonds. The largest absolute Gasteiger partial charge is 0.455 e. The van der Waals surface area contributed by atoms with Gasteiger partial charge in [0.05, 0.1) is 5.92 Å². The minimum Gasteiger partial charge on any atom is -0.455 e. The van der Waals surface area contributed by atoms with Crippen LogP contribution in [0.25, 0.3) is 0 Å². The van der Waals surface area contributed by atoms with Gasteiger partial charge in [0.1, 0.15) is 0 Å². The van der Waals surface area contributed by atoms with E-state index in [4.69, 9.17) is 4.74 Å². The van der Waals surface area contributed by atoms with Crippen molar-refractivity contribution in [3.8, 4) is 0 Å². The molecule has 1 aliphatic carbocycles. The van der Waals surface area contributed by atoms with E-state index in [-0.39, 0.29) is 24.3 Å². The fraction of sp³-hybridized carbons (Fsp3) is 0.800. The summed E-state index contributed by atoms with van der Waals surface area (Å²) in [6.45, 7) is 8.50. The Morgan fingerprint density at radius 1 is 1.21 bits per heavy atom. The maximum Gasteiger partial charge on any atom is 0.321 e. The lowest BCUT2D eigenvalue weighted by atomic mass is 9.77. The molecule has 1 aliphatic heterocycles. The number of ether oxygens (including phenoxy) is 1. The van der Waals surface area contributed by atoms with Gasteiger partial charge in [-0.2, -0.15) is 0 Å². The summed E-state index contributed by atoms with van der Waals surface area (Å²) in [6, 6.07) is -0.445. The lowest BCUT2D eigenvalue weighted by Gasteiger charge is -2.39. The van der Waals surface area contributed by atoms with Crippen molar-refractivity contribution in [3.63, 3.8) is 0 Å². The first-order valence-corrected chi connectivity index (χ1v) is 10.2. The molecule has 8 nitrogen and oxygen atoms in total. The summed E-state index contributed by atoms with van der Waals surface area (Å²) in [5.74, 6) is -0.609. The zero-order valence-electron chi connectivity index (χ0n) is 17.3. The molecule has 0 aromatic rings. The Kier molecular flexibility index (Phi) is 7.83. The highest BCUT2D eigenvalue weighted by atomic mass is 16.5. The zero-order chi connectivity index (χ0) is 20.8. The predicted molar refractivity (Wildman–Crippen MR) is 103 cm³/mol. The second-order valence-electron chi connectivity index (χ2n) is 8.54. The number of hydrogen-bond acceptors (Lipinski definition) is 5. The monoisotopic (exact) mass is 395 g/mol. The first kappa shape index (κ1) is 22.2. The Hall–Kier alpha value is -2.12. The highest BCUT2D eigenvalue weighted by Gasteiger charge is 2.42. The molecular formula is C20H33N3O5. The molecule has 1 saturated heterocycles. The summed E-state index contributed by atoms with van der Waals surface area (Å²) in [5.41, 5.74) is 0. The van der Waals surface area contributed by atoms with Crippen molar-refractivity contribution in [3.05, 3.63) is 0 Å². The number of nitrogens with one attached hydrogen (secondary N) is 2. The van der Waals surface area contributed by atoms with E-state index in [0.29, 0.717) is 24.9 Å². The fourth-order valence-corrected chi connectivity index (χ4v) is 3.96. The highest BCUT2D eigenvalue weighted by Crippen LogP contribution is 2.35. The van der Waals surface area contributed by atoms with E-state index < -0.39 is 30.4 Å². The third kappa shape index (κ3) is 5.94. The third-order valence-electron chi connectivity index (χ3n) is 5.83. The molecule has 0 spiro atoms. The van der Waals surface area contributed by atoms with Crippen molar-refractivity contribution in [2.45, 2.75) is 59.4 Å². The zero-order valence-corrected chi connectivity index (χ0v) is 17.3. The molecule has 0 bridgehead atoms.